The second kappa shape index (κ2) is 9.02. The number of carbonyl (C=O) groups is 1. The van der Waals surface area contributed by atoms with E-state index in [-0.39, 0.29) is 38.4 Å². The van der Waals surface area contributed by atoms with Gasteiger partial charge in [0.2, 0.25) is 0 Å². The summed E-state index contributed by atoms with van der Waals surface area (Å²) in [6.45, 7) is 0. The molecule has 2 heterocycles. The smallest absolute Gasteiger partial charge is 0.430 e. The zero-order valence-electron chi connectivity index (χ0n) is 17.3. The van der Waals surface area contributed by atoms with Gasteiger partial charge in [-0.1, -0.05) is 0 Å². The zero-order chi connectivity index (χ0) is 25.4. The molecule has 0 unspecified atom stereocenters. The quantitative estimate of drug-likeness (QED) is 0.227. The first-order chi connectivity index (χ1) is 15.8. The van der Waals surface area contributed by atoms with E-state index in [0.717, 1.165) is 35.4 Å². The maximum absolute atomic E-state index is 13.3. The second-order valence-electron chi connectivity index (χ2n) is 7.05. The van der Waals surface area contributed by atoms with Crippen molar-refractivity contribution in [1.82, 2.24) is 9.29 Å². The molecule has 0 saturated heterocycles. The number of aliphatic carboxylic acids is 1. The average molecular weight is 518 g/mol. The van der Waals surface area contributed by atoms with Crippen molar-refractivity contribution in [3.8, 4) is 11.5 Å². The molecule has 3 aromatic rings. The molecule has 0 aliphatic carbocycles. The first kappa shape index (κ1) is 25.1. The molecule has 2 aromatic heterocycles. The Bertz CT molecular complexity index is 1420. The highest BCUT2D eigenvalue weighted by molar-refractivity contribution is 7.92. The van der Waals surface area contributed by atoms with Crippen LogP contribution in [0.25, 0.3) is 10.9 Å². The number of hydrogen-bond donors (Lipinski definition) is 5. The number of carboxylic acids is 1. The third kappa shape index (κ3) is 4.87. The summed E-state index contributed by atoms with van der Waals surface area (Å²) < 4.78 is 65.9. The molecule has 14 heteroatoms. The van der Waals surface area contributed by atoms with Crippen molar-refractivity contribution in [3.05, 3.63) is 52.7 Å². The highest BCUT2D eigenvalue weighted by Gasteiger charge is 2.33. The lowest BCUT2D eigenvalue weighted by molar-refractivity contribution is -0.136. The monoisotopic (exact) mass is 517 g/mol. The summed E-state index contributed by atoms with van der Waals surface area (Å²) in [6.07, 6.45) is -3.40. The molecule has 0 amide bonds. The topological polar surface area (TPSA) is 153 Å². The van der Waals surface area contributed by atoms with E-state index in [9.17, 15) is 36.6 Å². The van der Waals surface area contributed by atoms with Crippen LogP contribution in [0, 0.1) is 5.41 Å². The summed E-state index contributed by atoms with van der Waals surface area (Å²) in [5.41, 5.74) is -1.48. The summed E-state index contributed by atoms with van der Waals surface area (Å²) in [7, 11) is -3.30. The molecule has 0 aliphatic rings. The van der Waals surface area contributed by atoms with Crippen LogP contribution in [0.15, 0.2) is 46.4 Å². The number of nitrogens with zero attached hydrogens (tertiary/aromatic N) is 1. The molecular formula is C20H18F3N3O6S2. The van der Waals surface area contributed by atoms with Crippen LogP contribution < -0.4 is 5.32 Å². The van der Waals surface area contributed by atoms with Crippen molar-refractivity contribution in [2.75, 3.05) is 7.05 Å². The Hall–Kier alpha value is -3.52. The number of phenolic OH excluding ortho intramolecular Hbond substituents is 2. The van der Waals surface area contributed by atoms with Crippen LogP contribution in [0.4, 0.5) is 13.2 Å². The van der Waals surface area contributed by atoms with E-state index in [1.54, 1.807) is 0 Å². The summed E-state index contributed by atoms with van der Waals surface area (Å²) in [5.74, 6) is -2.25. The summed E-state index contributed by atoms with van der Waals surface area (Å²) in [6, 6.07) is 4.45. The maximum Gasteiger partial charge on any atom is 0.430 e. The number of phenols is 2. The maximum atomic E-state index is 13.3. The van der Waals surface area contributed by atoms with E-state index in [0.29, 0.717) is 17.4 Å². The summed E-state index contributed by atoms with van der Waals surface area (Å²) >= 11 is 0.570. The minimum Gasteiger partial charge on any atom is -0.504 e. The molecule has 5 N–H and O–H groups in total. The highest BCUT2D eigenvalue weighted by Crippen LogP contribution is 2.36. The van der Waals surface area contributed by atoms with Crippen LogP contribution in [0.3, 0.4) is 0 Å². The normalized spacial score (nSPS) is 12.8. The molecule has 3 rings (SSSR count). The van der Waals surface area contributed by atoms with Crippen molar-refractivity contribution in [2.45, 2.75) is 23.2 Å². The molecule has 9 nitrogen and oxygen atoms in total. The Morgan fingerprint density at radius 2 is 1.88 bits per heavy atom. The molecular weight excluding hydrogens is 499 g/mol. The standard InChI is InChI=1S/C20H18F3N3O6S2/c1-25-17(20(21,22)23)7-12(24)16-3-5-19(33-16)34(31,32)26-9-10(2-4-18(29)30)11-6-14(27)15(28)8-13(11)26/h3,5-9,24-25,27-28H,2,4H2,1H3,(H,29,30)/b17-7-,24-12?. The lowest BCUT2D eigenvalue weighted by Crippen LogP contribution is -2.24. The lowest BCUT2D eigenvalue weighted by atomic mass is 10.1. The Kier molecular flexibility index (Phi) is 6.66. The molecule has 0 atom stereocenters. The Morgan fingerprint density at radius 1 is 1.24 bits per heavy atom. The summed E-state index contributed by atoms with van der Waals surface area (Å²) in [5, 5.41) is 38.7. The fourth-order valence-electron chi connectivity index (χ4n) is 3.14. The van der Waals surface area contributed by atoms with Gasteiger partial charge in [-0.2, -0.15) is 21.6 Å². The zero-order valence-corrected chi connectivity index (χ0v) is 19.0. The van der Waals surface area contributed by atoms with E-state index in [1.165, 1.54) is 6.07 Å². The number of aromatic nitrogens is 1. The van der Waals surface area contributed by atoms with Gasteiger partial charge < -0.3 is 20.6 Å². The van der Waals surface area contributed by atoms with E-state index in [4.69, 9.17) is 10.5 Å². The van der Waals surface area contributed by atoms with Gasteiger partial charge in [0, 0.05) is 31.1 Å². The first-order valence-electron chi connectivity index (χ1n) is 9.44. The number of benzene rings is 1. The van der Waals surface area contributed by atoms with E-state index in [2.05, 4.69) is 0 Å². The number of alkyl halides is 3. The number of hydrogen-bond acceptors (Lipinski definition) is 8. The molecule has 0 radical (unpaired) electrons. The molecule has 34 heavy (non-hydrogen) atoms. The number of fused-ring (bicyclic) bond motifs is 1. The van der Waals surface area contributed by atoms with Crippen LogP contribution in [0.2, 0.25) is 0 Å². The molecule has 0 fully saturated rings. The van der Waals surface area contributed by atoms with Gasteiger partial charge in [0.25, 0.3) is 10.0 Å². The molecule has 0 saturated carbocycles. The fourth-order valence-corrected chi connectivity index (χ4v) is 5.84. The molecule has 182 valence electrons. The Balaban J connectivity index is 2.08. The molecule has 1 aromatic carbocycles. The van der Waals surface area contributed by atoms with Crippen LogP contribution >= 0.6 is 11.3 Å². The molecule has 0 spiro atoms. The van der Waals surface area contributed by atoms with Gasteiger partial charge in [-0.3, -0.25) is 10.2 Å². The lowest BCUT2D eigenvalue weighted by Gasteiger charge is -2.10. The minimum absolute atomic E-state index is 0.0323. The fraction of sp³-hybridized carbons (Fsp3) is 0.200. The van der Waals surface area contributed by atoms with Crippen LogP contribution in [-0.2, 0) is 21.2 Å². The van der Waals surface area contributed by atoms with Crippen molar-refractivity contribution in [2.24, 2.45) is 0 Å². The number of aryl methyl sites for hydroxylation is 1. The average Bonchev–Trinajstić information content (AvgIpc) is 3.36. The van der Waals surface area contributed by atoms with Crippen molar-refractivity contribution >= 4 is 43.9 Å². The molecule has 0 aliphatic heterocycles. The van der Waals surface area contributed by atoms with Gasteiger partial charge in [0.1, 0.15) is 9.91 Å². The predicted molar refractivity (Wildman–Crippen MR) is 118 cm³/mol. The number of carboxylic acid groups (broad SMARTS) is 1. The van der Waals surface area contributed by atoms with Gasteiger partial charge in [-0.05, 0) is 36.3 Å². The van der Waals surface area contributed by atoms with Crippen molar-refractivity contribution in [1.29, 1.82) is 5.41 Å². The Morgan fingerprint density at radius 3 is 2.47 bits per heavy atom. The number of halogens is 3. The van der Waals surface area contributed by atoms with Crippen LogP contribution in [0.1, 0.15) is 16.9 Å². The first-order valence-corrected chi connectivity index (χ1v) is 11.7. The van der Waals surface area contributed by atoms with E-state index < -0.39 is 45.1 Å². The third-order valence-electron chi connectivity index (χ3n) is 4.78. The number of aromatic hydroxyl groups is 2. The third-order valence-corrected chi connectivity index (χ3v) is 8.04. The number of rotatable bonds is 8. The number of thiophene rings is 1. The molecule has 0 bridgehead atoms. The van der Waals surface area contributed by atoms with Crippen LogP contribution in [-0.4, -0.2) is 52.6 Å². The highest BCUT2D eigenvalue weighted by atomic mass is 32.2. The number of nitrogens with one attached hydrogen (secondary N) is 2. The second-order valence-corrected chi connectivity index (χ2v) is 10.2. The van der Waals surface area contributed by atoms with Gasteiger partial charge in [0.15, 0.2) is 11.5 Å². The summed E-state index contributed by atoms with van der Waals surface area (Å²) in [4.78, 5) is 10.9. The number of allylic oxidation sites excluding steroid dienone is 2. The van der Waals surface area contributed by atoms with Gasteiger partial charge in [-0.15, -0.1) is 11.3 Å². The van der Waals surface area contributed by atoms with E-state index >= 15 is 0 Å². The van der Waals surface area contributed by atoms with Gasteiger partial charge in [-0.25, -0.2) is 3.97 Å². The predicted octanol–water partition coefficient (Wildman–Crippen LogP) is 3.40. The minimum atomic E-state index is -4.73. The van der Waals surface area contributed by atoms with Crippen molar-refractivity contribution < 1.29 is 41.7 Å². The Labute approximate surface area is 194 Å². The van der Waals surface area contributed by atoms with Gasteiger partial charge in [0.05, 0.1) is 16.1 Å². The van der Waals surface area contributed by atoms with E-state index in [1.807, 2.05) is 5.32 Å². The largest absolute Gasteiger partial charge is 0.504 e. The SMILES string of the molecule is CN/C(=C\C(=N)c1ccc(S(=O)(=O)n2cc(CCC(=O)O)c3cc(O)c(O)cc32)s1)C(F)(F)F. The van der Waals surface area contributed by atoms with Crippen LogP contribution in [0.5, 0.6) is 11.5 Å². The van der Waals surface area contributed by atoms with Gasteiger partial charge >= 0.3 is 12.1 Å². The van der Waals surface area contributed by atoms with Crippen molar-refractivity contribution in [3.63, 3.8) is 0 Å².